The lowest BCUT2D eigenvalue weighted by Crippen LogP contribution is -2.47. The quantitative estimate of drug-likeness (QED) is 0.212. The number of amides is 1. The number of anilines is 1. The first-order valence-electron chi connectivity index (χ1n) is 15.5. The van der Waals surface area contributed by atoms with Gasteiger partial charge in [-0.3, -0.25) is 14.4 Å². The molecule has 4 aromatic rings. The zero-order valence-corrected chi connectivity index (χ0v) is 27.5. The minimum Gasteiger partial charge on any atom is -0.488 e. The van der Waals surface area contributed by atoms with Crippen LogP contribution in [0.4, 0.5) is 10.1 Å². The van der Waals surface area contributed by atoms with E-state index in [-0.39, 0.29) is 41.5 Å². The molecule has 1 aliphatic heterocycles. The number of para-hydroxylation sites is 1. The van der Waals surface area contributed by atoms with Crippen molar-refractivity contribution in [2.75, 3.05) is 31.5 Å². The van der Waals surface area contributed by atoms with Gasteiger partial charge >= 0.3 is 0 Å². The molecule has 11 heteroatoms. The molecule has 0 spiro atoms. The fourth-order valence-corrected chi connectivity index (χ4v) is 6.56. The van der Waals surface area contributed by atoms with E-state index in [1.54, 1.807) is 30.0 Å². The molecule has 0 saturated carbocycles. The van der Waals surface area contributed by atoms with Crippen molar-refractivity contribution in [1.82, 2.24) is 9.80 Å². The average molecular weight is 662 g/mol. The van der Waals surface area contributed by atoms with Gasteiger partial charge in [-0.1, -0.05) is 37.3 Å². The Bertz CT molecular complexity index is 1750. The Kier molecular flexibility index (Phi) is 10.8. The molecule has 0 aliphatic carbocycles. The summed E-state index contributed by atoms with van der Waals surface area (Å²) in [6.45, 7) is 5.18. The van der Waals surface area contributed by atoms with Crippen LogP contribution in [0.1, 0.15) is 25.0 Å². The van der Waals surface area contributed by atoms with Gasteiger partial charge < -0.3 is 19.5 Å². The Morgan fingerprint density at radius 1 is 1.02 bits per heavy atom. The Balaban J connectivity index is 1.34. The number of ether oxygens (including phenoxy) is 2. The van der Waals surface area contributed by atoms with Gasteiger partial charge in [-0.05, 0) is 86.3 Å². The molecule has 3 atom stereocenters. The van der Waals surface area contributed by atoms with Crippen LogP contribution in [0.25, 0.3) is 0 Å². The number of fused-ring (bicyclic) bond motifs is 1. The molecule has 248 valence electrons. The molecule has 1 amide bonds. The predicted molar refractivity (Wildman–Crippen MR) is 178 cm³/mol. The predicted octanol–water partition coefficient (Wildman–Crippen LogP) is 5.70. The monoisotopic (exact) mass is 661 g/mol. The standard InChI is InChI=1S/C36H40FN3O6S/c1-25-21-40(26(2)24-41)36(42)20-28-19-30(38-47(43,44)33-16-11-29(37)12-17-33)13-18-34(28)46-35(25)23-39(3)22-27-9-14-32(15-10-27)45-31-7-5-4-6-8-31/h4-19,25-26,35,38,41H,20-24H2,1-3H3/t25-,26-,35+/m0/s1. The first kappa shape index (κ1) is 33.9. The van der Waals surface area contributed by atoms with Crippen LogP contribution in [-0.2, 0) is 27.8 Å². The summed E-state index contributed by atoms with van der Waals surface area (Å²) < 4.78 is 54.4. The van der Waals surface area contributed by atoms with Gasteiger partial charge in [0.1, 0.15) is 29.2 Å². The molecule has 47 heavy (non-hydrogen) atoms. The third-order valence-corrected chi connectivity index (χ3v) is 9.54. The first-order chi connectivity index (χ1) is 22.5. The molecular formula is C36H40FN3O6S. The zero-order valence-electron chi connectivity index (χ0n) is 26.7. The van der Waals surface area contributed by atoms with Gasteiger partial charge in [0.2, 0.25) is 5.91 Å². The van der Waals surface area contributed by atoms with Crippen LogP contribution in [0.5, 0.6) is 17.2 Å². The first-order valence-corrected chi connectivity index (χ1v) is 17.0. The van der Waals surface area contributed by atoms with Crippen molar-refractivity contribution >= 4 is 21.6 Å². The maximum atomic E-state index is 13.6. The SMILES string of the molecule is C[C@H]1CN([C@@H](C)CO)C(=O)Cc2cc(NS(=O)(=O)c3ccc(F)cc3)ccc2O[C@@H]1CN(C)Cc1ccc(Oc2ccccc2)cc1. The number of sulfonamides is 1. The second-order valence-electron chi connectivity index (χ2n) is 12.0. The smallest absolute Gasteiger partial charge is 0.261 e. The lowest BCUT2D eigenvalue weighted by atomic mass is 10.0. The third kappa shape index (κ3) is 8.88. The van der Waals surface area contributed by atoms with Crippen molar-refractivity contribution in [1.29, 1.82) is 0 Å². The van der Waals surface area contributed by atoms with Crippen LogP contribution >= 0.6 is 0 Å². The Morgan fingerprint density at radius 2 is 1.70 bits per heavy atom. The molecule has 0 bridgehead atoms. The van der Waals surface area contributed by atoms with Crippen LogP contribution in [0.3, 0.4) is 0 Å². The number of halogens is 1. The zero-order chi connectivity index (χ0) is 33.6. The number of carbonyl (C=O) groups is 1. The molecular weight excluding hydrogens is 621 g/mol. The number of nitrogens with zero attached hydrogens (tertiary/aromatic N) is 2. The number of aliphatic hydroxyl groups excluding tert-OH is 1. The summed E-state index contributed by atoms with van der Waals surface area (Å²) in [6, 6.07) is 26.5. The van der Waals surface area contributed by atoms with Gasteiger partial charge in [0, 0.05) is 36.8 Å². The van der Waals surface area contributed by atoms with Gasteiger partial charge in [-0.25, -0.2) is 12.8 Å². The Labute approximate surface area is 275 Å². The van der Waals surface area contributed by atoms with E-state index in [1.165, 1.54) is 12.1 Å². The summed E-state index contributed by atoms with van der Waals surface area (Å²) in [5.74, 6) is 1.15. The van der Waals surface area contributed by atoms with Crippen molar-refractivity contribution < 1.29 is 32.2 Å². The van der Waals surface area contributed by atoms with Gasteiger partial charge in [-0.15, -0.1) is 0 Å². The summed E-state index contributed by atoms with van der Waals surface area (Å²) in [7, 11) is -2.00. The van der Waals surface area contributed by atoms with Gasteiger partial charge in [0.15, 0.2) is 0 Å². The Morgan fingerprint density at radius 3 is 2.38 bits per heavy atom. The normalized spacial score (nSPS) is 17.6. The number of nitrogens with one attached hydrogen (secondary N) is 1. The molecule has 0 fully saturated rings. The molecule has 1 heterocycles. The lowest BCUT2D eigenvalue weighted by Gasteiger charge is -2.34. The van der Waals surface area contributed by atoms with Crippen LogP contribution in [-0.4, -0.2) is 68.1 Å². The van der Waals surface area contributed by atoms with E-state index in [9.17, 15) is 22.7 Å². The van der Waals surface area contributed by atoms with Gasteiger partial charge in [0.05, 0.1) is 24.0 Å². The molecule has 1 aliphatic rings. The molecule has 9 nitrogen and oxygen atoms in total. The van der Waals surface area contributed by atoms with Gasteiger partial charge in [-0.2, -0.15) is 0 Å². The van der Waals surface area contributed by atoms with E-state index >= 15 is 0 Å². The number of likely N-dealkylation sites (N-methyl/N-ethyl adjacent to an activating group) is 1. The molecule has 0 radical (unpaired) electrons. The van der Waals surface area contributed by atoms with Crippen LogP contribution in [0, 0.1) is 11.7 Å². The number of aliphatic hydroxyl groups is 1. The second kappa shape index (κ2) is 15.0. The summed E-state index contributed by atoms with van der Waals surface area (Å²) >= 11 is 0. The molecule has 0 unspecified atom stereocenters. The van der Waals surface area contributed by atoms with E-state index in [4.69, 9.17) is 9.47 Å². The average Bonchev–Trinajstić information content (AvgIpc) is 3.09. The fraction of sp³-hybridized carbons (Fsp3) is 0.306. The summed E-state index contributed by atoms with van der Waals surface area (Å²) in [4.78, 5) is 17.3. The van der Waals surface area contributed by atoms with Crippen molar-refractivity contribution in [2.24, 2.45) is 5.92 Å². The van der Waals surface area contributed by atoms with Crippen LogP contribution in [0.15, 0.2) is 102 Å². The minimum atomic E-state index is -4.01. The minimum absolute atomic E-state index is 0.0432. The summed E-state index contributed by atoms with van der Waals surface area (Å²) in [5.41, 5.74) is 1.85. The largest absolute Gasteiger partial charge is 0.488 e. The summed E-state index contributed by atoms with van der Waals surface area (Å²) in [5, 5.41) is 9.95. The van der Waals surface area contributed by atoms with E-state index in [2.05, 4.69) is 9.62 Å². The molecule has 5 rings (SSSR count). The van der Waals surface area contributed by atoms with Gasteiger partial charge in [0.25, 0.3) is 10.0 Å². The highest BCUT2D eigenvalue weighted by atomic mass is 32.2. The number of benzene rings is 4. The topological polar surface area (TPSA) is 108 Å². The maximum Gasteiger partial charge on any atom is 0.261 e. The lowest BCUT2D eigenvalue weighted by molar-refractivity contribution is -0.134. The third-order valence-electron chi connectivity index (χ3n) is 8.14. The number of carbonyl (C=O) groups excluding carboxylic acids is 1. The summed E-state index contributed by atoms with van der Waals surface area (Å²) in [6.07, 6.45) is -0.376. The number of hydrogen-bond donors (Lipinski definition) is 2. The van der Waals surface area contributed by atoms with Crippen molar-refractivity contribution in [3.63, 3.8) is 0 Å². The molecule has 4 aromatic carbocycles. The van der Waals surface area contributed by atoms with E-state index in [0.717, 1.165) is 29.2 Å². The van der Waals surface area contributed by atoms with E-state index in [0.29, 0.717) is 30.9 Å². The van der Waals surface area contributed by atoms with E-state index in [1.807, 2.05) is 68.6 Å². The van der Waals surface area contributed by atoms with Crippen LogP contribution < -0.4 is 14.2 Å². The van der Waals surface area contributed by atoms with Crippen molar-refractivity contribution in [2.45, 2.75) is 43.9 Å². The second-order valence-corrected chi connectivity index (χ2v) is 13.7. The Hall–Kier alpha value is -4.45. The number of rotatable bonds is 11. The highest BCUT2D eigenvalue weighted by Gasteiger charge is 2.31. The highest BCUT2D eigenvalue weighted by Crippen LogP contribution is 2.30. The fourth-order valence-electron chi connectivity index (χ4n) is 5.51. The maximum absolute atomic E-state index is 13.6. The van der Waals surface area contributed by atoms with Crippen LogP contribution in [0.2, 0.25) is 0 Å². The number of hydrogen-bond acceptors (Lipinski definition) is 7. The van der Waals surface area contributed by atoms with Crippen molar-refractivity contribution in [3.8, 4) is 17.2 Å². The molecule has 0 aromatic heterocycles. The molecule has 2 N–H and O–H groups in total. The highest BCUT2D eigenvalue weighted by molar-refractivity contribution is 7.92. The van der Waals surface area contributed by atoms with E-state index < -0.39 is 21.9 Å². The molecule has 0 saturated heterocycles. The van der Waals surface area contributed by atoms with Crippen molar-refractivity contribution in [3.05, 3.63) is 114 Å².